The molecule has 1 aromatic carbocycles. The molecular weight excluding hydrogens is 251 g/mol. The van der Waals surface area contributed by atoms with Gasteiger partial charge in [-0.25, -0.2) is 4.39 Å². The zero-order valence-electron chi connectivity index (χ0n) is 13.4. The molecule has 0 bridgehead atoms. The van der Waals surface area contributed by atoms with E-state index in [1.54, 1.807) is 6.07 Å². The highest BCUT2D eigenvalue weighted by Gasteiger charge is 2.11. The van der Waals surface area contributed by atoms with Crippen molar-refractivity contribution in [3.05, 3.63) is 35.1 Å². The zero-order chi connectivity index (χ0) is 15.0. The predicted molar refractivity (Wildman–Crippen MR) is 84.2 cm³/mol. The first-order valence-corrected chi connectivity index (χ1v) is 7.76. The van der Waals surface area contributed by atoms with E-state index in [-0.39, 0.29) is 5.82 Å². The monoisotopic (exact) mass is 280 g/mol. The topological polar surface area (TPSA) is 15.3 Å². The third-order valence-corrected chi connectivity index (χ3v) is 3.74. The van der Waals surface area contributed by atoms with Crippen LogP contribution in [-0.4, -0.2) is 24.5 Å². The molecule has 0 heterocycles. The smallest absolute Gasteiger partial charge is 0.127 e. The van der Waals surface area contributed by atoms with Gasteiger partial charge in [-0.15, -0.1) is 0 Å². The average molecular weight is 280 g/mol. The second-order valence-electron chi connectivity index (χ2n) is 5.66. The normalized spacial score (nSPS) is 12.9. The molecule has 0 fully saturated rings. The third kappa shape index (κ3) is 5.59. The van der Waals surface area contributed by atoms with Gasteiger partial charge in [0, 0.05) is 24.7 Å². The summed E-state index contributed by atoms with van der Waals surface area (Å²) >= 11 is 0. The van der Waals surface area contributed by atoms with Gasteiger partial charge < -0.3 is 5.32 Å². The van der Waals surface area contributed by atoms with Gasteiger partial charge in [0.1, 0.15) is 5.82 Å². The van der Waals surface area contributed by atoms with Crippen LogP contribution in [0, 0.1) is 5.82 Å². The maximum Gasteiger partial charge on any atom is 0.127 e. The summed E-state index contributed by atoms with van der Waals surface area (Å²) in [6, 6.07) is 5.95. The van der Waals surface area contributed by atoms with Gasteiger partial charge in [-0.3, -0.25) is 4.90 Å². The van der Waals surface area contributed by atoms with E-state index in [9.17, 15) is 4.39 Å². The SMILES string of the molecule is CCCNCc1ccc(F)c(CN(C)C(C)CCC)c1. The van der Waals surface area contributed by atoms with Crippen molar-refractivity contribution in [2.24, 2.45) is 0 Å². The van der Waals surface area contributed by atoms with Gasteiger partial charge in [-0.05, 0) is 45.0 Å². The van der Waals surface area contributed by atoms with Crippen molar-refractivity contribution in [2.75, 3.05) is 13.6 Å². The largest absolute Gasteiger partial charge is 0.313 e. The van der Waals surface area contributed by atoms with Crippen molar-refractivity contribution < 1.29 is 4.39 Å². The fourth-order valence-corrected chi connectivity index (χ4v) is 2.33. The first kappa shape index (κ1) is 17.1. The Hall–Kier alpha value is -0.930. The lowest BCUT2D eigenvalue weighted by Gasteiger charge is -2.24. The Kier molecular flexibility index (Phi) is 7.78. The molecule has 0 amide bonds. The Labute approximate surface area is 123 Å². The van der Waals surface area contributed by atoms with Gasteiger partial charge in [0.05, 0.1) is 0 Å². The molecule has 0 saturated heterocycles. The van der Waals surface area contributed by atoms with Crippen LogP contribution in [0.4, 0.5) is 4.39 Å². The van der Waals surface area contributed by atoms with Gasteiger partial charge in [0.25, 0.3) is 0 Å². The second kappa shape index (κ2) is 9.09. The summed E-state index contributed by atoms with van der Waals surface area (Å²) in [4.78, 5) is 2.23. The highest BCUT2D eigenvalue weighted by atomic mass is 19.1. The van der Waals surface area contributed by atoms with E-state index in [1.165, 1.54) is 0 Å². The van der Waals surface area contributed by atoms with Crippen molar-refractivity contribution in [3.8, 4) is 0 Å². The molecule has 1 rings (SSSR count). The molecule has 20 heavy (non-hydrogen) atoms. The molecule has 0 aliphatic rings. The molecule has 1 unspecified atom stereocenters. The zero-order valence-corrected chi connectivity index (χ0v) is 13.4. The minimum atomic E-state index is -0.0974. The first-order valence-electron chi connectivity index (χ1n) is 7.76. The van der Waals surface area contributed by atoms with Crippen LogP contribution >= 0.6 is 0 Å². The molecule has 0 aliphatic heterocycles. The summed E-state index contributed by atoms with van der Waals surface area (Å²) < 4.78 is 13.9. The lowest BCUT2D eigenvalue weighted by Crippen LogP contribution is -2.28. The summed E-state index contributed by atoms with van der Waals surface area (Å²) in [5, 5.41) is 3.36. The van der Waals surface area contributed by atoms with Crippen LogP contribution in [0.3, 0.4) is 0 Å². The van der Waals surface area contributed by atoms with E-state index < -0.39 is 0 Å². The number of nitrogens with one attached hydrogen (secondary N) is 1. The number of benzene rings is 1. The third-order valence-electron chi connectivity index (χ3n) is 3.74. The average Bonchev–Trinajstić information content (AvgIpc) is 2.42. The number of hydrogen-bond acceptors (Lipinski definition) is 2. The minimum Gasteiger partial charge on any atom is -0.313 e. The van der Waals surface area contributed by atoms with Crippen LogP contribution < -0.4 is 5.32 Å². The molecule has 1 N–H and O–H groups in total. The lowest BCUT2D eigenvalue weighted by molar-refractivity contribution is 0.234. The van der Waals surface area contributed by atoms with E-state index in [1.807, 2.05) is 12.1 Å². The summed E-state index contributed by atoms with van der Waals surface area (Å²) in [6.07, 6.45) is 3.43. The fourth-order valence-electron chi connectivity index (χ4n) is 2.33. The number of nitrogens with zero attached hydrogens (tertiary/aromatic N) is 1. The van der Waals surface area contributed by atoms with Gasteiger partial charge in [-0.2, -0.15) is 0 Å². The van der Waals surface area contributed by atoms with Crippen LogP contribution in [-0.2, 0) is 13.1 Å². The Bertz CT molecular complexity index is 393. The van der Waals surface area contributed by atoms with Crippen molar-refractivity contribution in [3.63, 3.8) is 0 Å². The minimum absolute atomic E-state index is 0.0974. The van der Waals surface area contributed by atoms with E-state index >= 15 is 0 Å². The van der Waals surface area contributed by atoms with E-state index in [4.69, 9.17) is 0 Å². The number of hydrogen-bond donors (Lipinski definition) is 1. The van der Waals surface area contributed by atoms with Gasteiger partial charge in [0.2, 0.25) is 0 Å². The first-order chi connectivity index (χ1) is 9.58. The molecule has 0 aliphatic carbocycles. The summed E-state index contributed by atoms with van der Waals surface area (Å²) in [5.74, 6) is -0.0974. The van der Waals surface area contributed by atoms with Crippen LogP contribution in [0.2, 0.25) is 0 Å². The fraction of sp³-hybridized carbons (Fsp3) is 0.647. The van der Waals surface area contributed by atoms with Crippen molar-refractivity contribution in [1.82, 2.24) is 10.2 Å². The van der Waals surface area contributed by atoms with E-state index in [2.05, 4.69) is 38.0 Å². The Balaban J connectivity index is 2.65. The summed E-state index contributed by atoms with van der Waals surface area (Å²) in [6.45, 7) is 9.02. The molecule has 3 heteroatoms. The maximum absolute atomic E-state index is 13.9. The Morgan fingerprint density at radius 1 is 1.25 bits per heavy atom. The van der Waals surface area contributed by atoms with Crippen LogP contribution in [0.5, 0.6) is 0 Å². The maximum atomic E-state index is 13.9. The van der Waals surface area contributed by atoms with Crippen LogP contribution in [0.25, 0.3) is 0 Å². The molecule has 2 nitrogen and oxygen atoms in total. The number of rotatable bonds is 9. The van der Waals surface area contributed by atoms with Crippen LogP contribution in [0.15, 0.2) is 18.2 Å². The molecule has 0 aromatic heterocycles. The van der Waals surface area contributed by atoms with Gasteiger partial charge in [-0.1, -0.05) is 32.4 Å². The molecule has 0 saturated carbocycles. The predicted octanol–water partition coefficient (Wildman–Crippen LogP) is 3.95. The lowest BCUT2D eigenvalue weighted by atomic mass is 10.1. The van der Waals surface area contributed by atoms with Gasteiger partial charge >= 0.3 is 0 Å². The number of halogens is 1. The molecule has 1 aromatic rings. The van der Waals surface area contributed by atoms with Crippen molar-refractivity contribution in [1.29, 1.82) is 0 Å². The summed E-state index contributed by atoms with van der Waals surface area (Å²) in [7, 11) is 2.07. The van der Waals surface area contributed by atoms with Gasteiger partial charge in [0.15, 0.2) is 0 Å². The molecule has 0 radical (unpaired) electrons. The molecule has 1 atom stereocenters. The highest BCUT2D eigenvalue weighted by Crippen LogP contribution is 2.15. The molecule has 0 spiro atoms. The second-order valence-corrected chi connectivity index (χ2v) is 5.66. The van der Waals surface area contributed by atoms with Crippen molar-refractivity contribution >= 4 is 0 Å². The Morgan fingerprint density at radius 2 is 2.00 bits per heavy atom. The Morgan fingerprint density at radius 3 is 2.65 bits per heavy atom. The van der Waals surface area contributed by atoms with Crippen molar-refractivity contribution in [2.45, 2.75) is 59.2 Å². The van der Waals surface area contributed by atoms with E-state index in [0.717, 1.165) is 43.5 Å². The molecule has 114 valence electrons. The molecular formula is C17H29FN2. The van der Waals surface area contributed by atoms with E-state index in [0.29, 0.717) is 12.6 Å². The van der Waals surface area contributed by atoms with Crippen LogP contribution in [0.1, 0.15) is 51.2 Å². The standard InChI is InChI=1S/C17H29FN2/c1-5-7-14(3)20(4)13-16-11-15(8-9-17(16)18)12-19-10-6-2/h8-9,11,14,19H,5-7,10,12-13H2,1-4H3. The highest BCUT2D eigenvalue weighted by molar-refractivity contribution is 5.25. The summed E-state index contributed by atoms with van der Waals surface area (Å²) in [5.41, 5.74) is 1.96. The quantitative estimate of drug-likeness (QED) is 0.689.